The van der Waals surface area contributed by atoms with Crippen LogP contribution >= 0.6 is 0 Å². The minimum absolute atomic E-state index is 0.103. The molecule has 0 bridgehead atoms. The molecule has 2 heterocycles. The molecule has 2 aromatic rings. The smallest absolute Gasteiger partial charge is 0.239 e. The van der Waals surface area contributed by atoms with Gasteiger partial charge in [0.05, 0.1) is 19.4 Å². The van der Waals surface area contributed by atoms with Crippen LogP contribution in [0.2, 0.25) is 0 Å². The second-order valence-corrected chi connectivity index (χ2v) is 7.37. The first-order valence-corrected chi connectivity index (χ1v) is 10.5. The lowest BCUT2D eigenvalue weighted by atomic mass is 10.0. The van der Waals surface area contributed by atoms with E-state index in [0.717, 1.165) is 12.5 Å². The van der Waals surface area contributed by atoms with E-state index in [9.17, 15) is 13.6 Å². The number of halogens is 2. The minimum Gasteiger partial charge on any atom is -0.467 e. The summed E-state index contributed by atoms with van der Waals surface area (Å²) >= 11 is 0. The molecule has 1 unspecified atom stereocenters. The predicted molar refractivity (Wildman–Crippen MR) is 114 cm³/mol. The van der Waals surface area contributed by atoms with Crippen molar-refractivity contribution >= 4 is 11.9 Å². The number of carbonyl (C=O) groups is 1. The lowest BCUT2D eigenvalue weighted by Gasteiger charge is -2.40. The van der Waals surface area contributed by atoms with E-state index < -0.39 is 11.6 Å². The Labute approximate surface area is 181 Å². The van der Waals surface area contributed by atoms with Gasteiger partial charge in [-0.3, -0.25) is 14.7 Å². The Kier molecular flexibility index (Phi) is 8.00. The largest absolute Gasteiger partial charge is 0.467 e. The van der Waals surface area contributed by atoms with E-state index >= 15 is 0 Å². The second kappa shape index (κ2) is 10.9. The third-order valence-electron chi connectivity index (χ3n) is 5.42. The third-order valence-corrected chi connectivity index (χ3v) is 5.42. The lowest BCUT2D eigenvalue weighted by molar-refractivity contribution is -0.120. The minimum atomic E-state index is -0.566. The van der Waals surface area contributed by atoms with Gasteiger partial charge in [-0.2, -0.15) is 0 Å². The maximum absolute atomic E-state index is 14.3. The van der Waals surface area contributed by atoms with Crippen LogP contribution in [0.3, 0.4) is 0 Å². The highest BCUT2D eigenvalue weighted by Gasteiger charge is 2.27. The van der Waals surface area contributed by atoms with Crippen LogP contribution in [-0.4, -0.2) is 61.4 Å². The van der Waals surface area contributed by atoms with E-state index in [0.29, 0.717) is 50.0 Å². The van der Waals surface area contributed by atoms with Crippen molar-refractivity contribution in [3.8, 4) is 0 Å². The van der Waals surface area contributed by atoms with E-state index in [1.54, 1.807) is 25.4 Å². The van der Waals surface area contributed by atoms with Gasteiger partial charge in [-0.05, 0) is 24.6 Å². The SMILES string of the molecule is CCC(c1ccc(F)cc1F)N1CCN(C(=NC)NCC(=O)NCc2ccco2)CC1. The molecular weight excluding hydrogens is 404 g/mol. The first-order chi connectivity index (χ1) is 15.0. The summed E-state index contributed by atoms with van der Waals surface area (Å²) in [6.45, 7) is 5.23. The number of nitrogens with one attached hydrogen (secondary N) is 2. The van der Waals surface area contributed by atoms with Crippen LogP contribution in [0.25, 0.3) is 0 Å². The summed E-state index contributed by atoms with van der Waals surface area (Å²) in [4.78, 5) is 20.6. The first kappa shape index (κ1) is 22.7. The van der Waals surface area contributed by atoms with Crippen molar-refractivity contribution in [2.75, 3.05) is 39.8 Å². The van der Waals surface area contributed by atoms with E-state index in [1.165, 1.54) is 12.1 Å². The van der Waals surface area contributed by atoms with Gasteiger partial charge in [0.1, 0.15) is 17.4 Å². The molecule has 7 nitrogen and oxygen atoms in total. The fourth-order valence-electron chi connectivity index (χ4n) is 3.84. The Bertz CT molecular complexity index is 880. The average Bonchev–Trinajstić information content (AvgIpc) is 3.29. The molecule has 1 aliphatic heterocycles. The molecule has 2 N–H and O–H groups in total. The number of hydrogen-bond acceptors (Lipinski definition) is 4. The van der Waals surface area contributed by atoms with Gasteiger partial charge in [0.25, 0.3) is 0 Å². The number of benzene rings is 1. The van der Waals surface area contributed by atoms with E-state index in [2.05, 4.69) is 25.4 Å². The molecule has 0 aliphatic carbocycles. The number of furan rings is 1. The Morgan fingerprint density at radius 3 is 2.58 bits per heavy atom. The molecule has 31 heavy (non-hydrogen) atoms. The summed E-state index contributed by atoms with van der Waals surface area (Å²) in [5, 5.41) is 5.87. The van der Waals surface area contributed by atoms with Crippen molar-refractivity contribution in [2.45, 2.75) is 25.9 Å². The summed E-state index contributed by atoms with van der Waals surface area (Å²) in [7, 11) is 1.68. The maximum atomic E-state index is 14.3. The fourth-order valence-corrected chi connectivity index (χ4v) is 3.84. The number of aliphatic imine (C=N–C) groups is 1. The van der Waals surface area contributed by atoms with Gasteiger partial charge in [0.2, 0.25) is 5.91 Å². The van der Waals surface area contributed by atoms with Gasteiger partial charge < -0.3 is 20.0 Å². The van der Waals surface area contributed by atoms with Gasteiger partial charge in [0, 0.05) is 50.9 Å². The molecule has 1 saturated heterocycles. The van der Waals surface area contributed by atoms with Crippen molar-refractivity contribution in [2.24, 2.45) is 4.99 Å². The molecule has 168 valence electrons. The normalized spacial score (nSPS) is 16.3. The van der Waals surface area contributed by atoms with Gasteiger partial charge in [-0.15, -0.1) is 0 Å². The quantitative estimate of drug-likeness (QED) is 0.519. The van der Waals surface area contributed by atoms with Crippen LogP contribution in [0.4, 0.5) is 8.78 Å². The highest BCUT2D eigenvalue weighted by atomic mass is 19.1. The summed E-state index contributed by atoms with van der Waals surface area (Å²) in [6.07, 6.45) is 2.29. The summed E-state index contributed by atoms with van der Waals surface area (Å²) in [6, 6.07) is 7.25. The Hall–Kier alpha value is -2.94. The third kappa shape index (κ3) is 6.04. The molecule has 3 rings (SSSR count). The second-order valence-electron chi connectivity index (χ2n) is 7.37. The molecule has 1 aromatic carbocycles. The zero-order valence-electron chi connectivity index (χ0n) is 17.9. The highest BCUT2D eigenvalue weighted by Crippen LogP contribution is 2.28. The molecule has 1 aliphatic rings. The molecular formula is C22H29F2N5O2. The molecule has 1 fully saturated rings. The standard InChI is InChI=1S/C22H29F2N5O2/c1-3-20(18-7-6-16(23)13-19(18)24)28-8-10-29(11-9-28)22(25-2)27-15-21(30)26-14-17-5-4-12-31-17/h4-7,12-13,20H,3,8-11,14-15H2,1-2H3,(H,25,27)(H,26,30). The predicted octanol–water partition coefficient (Wildman–Crippen LogP) is 2.52. The molecule has 0 saturated carbocycles. The maximum Gasteiger partial charge on any atom is 0.239 e. The van der Waals surface area contributed by atoms with Crippen LogP contribution < -0.4 is 10.6 Å². The molecule has 1 atom stereocenters. The van der Waals surface area contributed by atoms with Crippen LogP contribution in [-0.2, 0) is 11.3 Å². The zero-order valence-corrected chi connectivity index (χ0v) is 17.9. The number of guanidine groups is 1. The van der Waals surface area contributed by atoms with Crippen molar-refractivity contribution in [1.29, 1.82) is 0 Å². The number of amides is 1. The van der Waals surface area contributed by atoms with E-state index in [1.807, 2.05) is 6.92 Å². The molecule has 1 aromatic heterocycles. The van der Waals surface area contributed by atoms with Crippen molar-refractivity contribution in [3.05, 3.63) is 59.6 Å². The molecule has 1 amide bonds. The number of carbonyl (C=O) groups excluding carboxylic acids is 1. The van der Waals surface area contributed by atoms with Crippen LogP contribution in [0.1, 0.15) is 30.7 Å². The van der Waals surface area contributed by atoms with Gasteiger partial charge in [0.15, 0.2) is 5.96 Å². The van der Waals surface area contributed by atoms with Crippen molar-refractivity contribution in [1.82, 2.24) is 20.4 Å². The Balaban J connectivity index is 1.49. The van der Waals surface area contributed by atoms with Crippen LogP contribution in [0, 0.1) is 11.6 Å². The van der Waals surface area contributed by atoms with E-state index in [-0.39, 0.29) is 18.5 Å². The van der Waals surface area contributed by atoms with Gasteiger partial charge >= 0.3 is 0 Å². The van der Waals surface area contributed by atoms with Crippen molar-refractivity contribution in [3.63, 3.8) is 0 Å². The average molecular weight is 434 g/mol. The van der Waals surface area contributed by atoms with Crippen LogP contribution in [0.15, 0.2) is 46.0 Å². The molecule has 0 radical (unpaired) electrons. The zero-order chi connectivity index (χ0) is 22.2. The number of piperazine rings is 1. The van der Waals surface area contributed by atoms with Crippen molar-refractivity contribution < 1.29 is 18.0 Å². The molecule has 9 heteroatoms. The van der Waals surface area contributed by atoms with Gasteiger partial charge in [-0.1, -0.05) is 13.0 Å². The number of hydrogen-bond donors (Lipinski definition) is 2. The summed E-state index contributed by atoms with van der Waals surface area (Å²) in [5.41, 5.74) is 0.521. The fraction of sp³-hybridized carbons (Fsp3) is 0.455. The monoisotopic (exact) mass is 433 g/mol. The Morgan fingerprint density at radius 2 is 1.97 bits per heavy atom. The summed E-state index contributed by atoms with van der Waals surface area (Å²) in [5.74, 6) is 0.107. The first-order valence-electron chi connectivity index (χ1n) is 10.5. The number of rotatable bonds is 7. The van der Waals surface area contributed by atoms with Crippen LogP contribution in [0.5, 0.6) is 0 Å². The van der Waals surface area contributed by atoms with E-state index in [4.69, 9.17) is 4.42 Å². The molecule has 0 spiro atoms. The highest BCUT2D eigenvalue weighted by molar-refractivity contribution is 5.86. The summed E-state index contributed by atoms with van der Waals surface area (Å²) < 4.78 is 32.7. The lowest BCUT2D eigenvalue weighted by Crippen LogP contribution is -2.54. The van der Waals surface area contributed by atoms with Gasteiger partial charge in [-0.25, -0.2) is 8.78 Å². The topological polar surface area (TPSA) is 73.1 Å². The Morgan fingerprint density at radius 1 is 1.19 bits per heavy atom. The number of nitrogens with zero attached hydrogens (tertiary/aromatic N) is 3.